The summed E-state index contributed by atoms with van der Waals surface area (Å²) in [6.07, 6.45) is -4.44. The molecule has 0 bridgehead atoms. The third kappa shape index (κ3) is 1.41. The molecule has 0 N–H and O–H groups in total. The van der Waals surface area contributed by atoms with E-state index in [0.717, 1.165) is 4.68 Å². The van der Waals surface area contributed by atoms with E-state index in [2.05, 4.69) is 5.10 Å². The minimum absolute atomic E-state index is 0.187. The van der Waals surface area contributed by atoms with E-state index in [0.29, 0.717) is 0 Å². The van der Waals surface area contributed by atoms with Crippen LogP contribution in [0.3, 0.4) is 0 Å². The molecule has 6 heteroatoms. The summed E-state index contributed by atoms with van der Waals surface area (Å²) in [6, 6.07) is 0. The molecule has 0 saturated carbocycles. The summed E-state index contributed by atoms with van der Waals surface area (Å²) in [5.41, 5.74) is -0.715. The van der Waals surface area contributed by atoms with Crippen molar-refractivity contribution < 1.29 is 13.2 Å². The fourth-order valence-corrected chi connectivity index (χ4v) is 1.21. The molecule has 1 aromatic rings. The van der Waals surface area contributed by atoms with Gasteiger partial charge in [0.15, 0.2) is 5.69 Å². The first kappa shape index (κ1) is 9.38. The van der Waals surface area contributed by atoms with E-state index in [-0.39, 0.29) is 10.7 Å². The molecule has 2 nitrogen and oxygen atoms in total. The van der Waals surface area contributed by atoms with E-state index in [1.165, 1.54) is 14.0 Å². The van der Waals surface area contributed by atoms with Gasteiger partial charge in [-0.25, -0.2) is 0 Å². The number of halogens is 4. The molecule has 0 unspecified atom stereocenters. The lowest BCUT2D eigenvalue weighted by molar-refractivity contribution is -0.143. The Kier molecular flexibility index (Phi) is 2.07. The van der Waals surface area contributed by atoms with Gasteiger partial charge in [0.2, 0.25) is 0 Å². The number of alkyl halides is 3. The maximum atomic E-state index is 12.2. The standard InChI is InChI=1S/C6H6ClF3N2/c1-3-4(7)5(6(8,9)10)12(2)11-3/h1-2H3. The molecule has 0 spiro atoms. The minimum Gasteiger partial charge on any atom is -0.262 e. The van der Waals surface area contributed by atoms with Crippen LogP contribution in [0.1, 0.15) is 11.4 Å². The van der Waals surface area contributed by atoms with Gasteiger partial charge in [0.05, 0.1) is 10.7 Å². The Morgan fingerprint density at radius 2 is 1.92 bits per heavy atom. The quantitative estimate of drug-likeness (QED) is 0.626. The van der Waals surface area contributed by atoms with Crippen molar-refractivity contribution in [1.82, 2.24) is 9.78 Å². The molecule has 1 heterocycles. The second-order valence-corrected chi connectivity index (χ2v) is 2.75. The number of aromatic nitrogens is 2. The summed E-state index contributed by atoms with van der Waals surface area (Å²) in [7, 11) is 1.21. The predicted molar refractivity (Wildman–Crippen MR) is 38.0 cm³/mol. The lowest BCUT2D eigenvalue weighted by Crippen LogP contribution is -2.12. The molecule has 0 aromatic carbocycles. The van der Waals surface area contributed by atoms with E-state index < -0.39 is 11.9 Å². The van der Waals surface area contributed by atoms with Crippen molar-refractivity contribution in [2.45, 2.75) is 13.1 Å². The van der Waals surface area contributed by atoms with Gasteiger partial charge in [-0.2, -0.15) is 18.3 Å². The Balaban J connectivity index is 3.32. The Labute approximate surface area is 71.9 Å². The highest BCUT2D eigenvalue weighted by molar-refractivity contribution is 6.31. The maximum Gasteiger partial charge on any atom is 0.434 e. The van der Waals surface area contributed by atoms with Gasteiger partial charge in [-0.3, -0.25) is 4.68 Å². The summed E-state index contributed by atoms with van der Waals surface area (Å²) in [6.45, 7) is 1.43. The first-order chi connectivity index (χ1) is 5.34. The third-order valence-electron chi connectivity index (χ3n) is 1.42. The third-order valence-corrected chi connectivity index (χ3v) is 1.87. The molecule has 0 saturated heterocycles. The molecular weight excluding hydrogens is 193 g/mol. The molecular formula is C6H6ClF3N2. The smallest absolute Gasteiger partial charge is 0.262 e. The maximum absolute atomic E-state index is 12.2. The van der Waals surface area contributed by atoms with Crippen molar-refractivity contribution in [3.05, 3.63) is 16.4 Å². The number of hydrogen-bond acceptors (Lipinski definition) is 1. The fourth-order valence-electron chi connectivity index (χ4n) is 0.940. The van der Waals surface area contributed by atoms with Gasteiger partial charge >= 0.3 is 6.18 Å². The second-order valence-electron chi connectivity index (χ2n) is 2.37. The normalized spacial score (nSPS) is 12.2. The van der Waals surface area contributed by atoms with Gasteiger partial charge in [-0.1, -0.05) is 11.6 Å². The van der Waals surface area contributed by atoms with Gasteiger partial charge in [0.25, 0.3) is 0 Å². The highest BCUT2D eigenvalue weighted by Gasteiger charge is 2.38. The van der Waals surface area contributed by atoms with Crippen molar-refractivity contribution >= 4 is 11.6 Å². The van der Waals surface area contributed by atoms with E-state index in [1.807, 2.05) is 0 Å². The van der Waals surface area contributed by atoms with E-state index in [4.69, 9.17) is 11.6 Å². The van der Waals surface area contributed by atoms with Crippen LogP contribution in [0.5, 0.6) is 0 Å². The van der Waals surface area contributed by atoms with Crippen molar-refractivity contribution in [2.24, 2.45) is 7.05 Å². The zero-order valence-electron chi connectivity index (χ0n) is 6.41. The molecule has 0 fully saturated rings. The number of aryl methyl sites for hydroxylation is 2. The highest BCUT2D eigenvalue weighted by atomic mass is 35.5. The van der Waals surface area contributed by atoms with Crippen LogP contribution in [-0.4, -0.2) is 9.78 Å². The monoisotopic (exact) mass is 198 g/mol. The molecule has 68 valence electrons. The lowest BCUT2D eigenvalue weighted by Gasteiger charge is -2.06. The van der Waals surface area contributed by atoms with E-state index >= 15 is 0 Å². The molecule has 0 atom stereocenters. The highest BCUT2D eigenvalue weighted by Crippen LogP contribution is 2.35. The number of hydrogen-bond donors (Lipinski definition) is 0. The Morgan fingerprint density at radius 3 is 2.08 bits per heavy atom. The van der Waals surface area contributed by atoms with Crippen LogP contribution < -0.4 is 0 Å². The molecule has 0 aliphatic rings. The van der Waals surface area contributed by atoms with Crippen LogP contribution in [0.4, 0.5) is 13.2 Å². The molecule has 0 aliphatic carbocycles. The van der Waals surface area contributed by atoms with Crippen LogP contribution in [-0.2, 0) is 13.2 Å². The SMILES string of the molecule is Cc1nn(C)c(C(F)(F)F)c1Cl. The summed E-state index contributed by atoms with van der Waals surface area (Å²) in [5.74, 6) is 0. The number of rotatable bonds is 0. The minimum atomic E-state index is -4.44. The van der Waals surface area contributed by atoms with Crippen molar-refractivity contribution in [1.29, 1.82) is 0 Å². The van der Waals surface area contributed by atoms with E-state index in [1.54, 1.807) is 0 Å². The van der Waals surface area contributed by atoms with Crippen molar-refractivity contribution in [2.75, 3.05) is 0 Å². The fraction of sp³-hybridized carbons (Fsp3) is 0.500. The molecule has 1 aromatic heterocycles. The summed E-state index contributed by atoms with van der Waals surface area (Å²) < 4.78 is 37.3. The zero-order valence-corrected chi connectivity index (χ0v) is 7.16. The average Bonchev–Trinajstić information content (AvgIpc) is 2.05. The Bertz CT molecular complexity index is 302. The van der Waals surface area contributed by atoms with Crippen LogP contribution in [0.25, 0.3) is 0 Å². The second kappa shape index (κ2) is 2.65. The molecule has 0 aliphatic heterocycles. The first-order valence-corrected chi connectivity index (χ1v) is 3.48. The van der Waals surface area contributed by atoms with Gasteiger partial charge in [0, 0.05) is 7.05 Å². The predicted octanol–water partition coefficient (Wildman–Crippen LogP) is 2.40. The van der Waals surface area contributed by atoms with Crippen LogP contribution >= 0.6 is 11.6 Å². The van der Waals surface area contributed by atoms with Gasteiger partial charge < -0.3 is 0 Å². The average molecular weight is 199 g/mol. The molecule has 1 rings (SSSR count). The van der Waals surface area contributed by atoms with Crippen LogP contribution in [0, 0.1) is 6.92 Å². The number of nitrogens with zero attached hydrogens (tertiary/aromatic N) is 2. The van der Waals surface area contributed by atoms with Gasteiger partial charge in [-0.05, 0) is 6.92 Å². The van der Waals surface area contributed by atoms with E-state index in [9.17, 15) is 13.2 Å². The Morgan fingerprint density at radius 1 is 1.42 bits per heavy atom. The van der Waals surface area contributed by atoms with Gasteiger partial charge in [0.1, 0.15) is 0 Å². The van der Waals surface area contributed by atoms with Crippen molar-refractivity contribution in [3.8, 4) is 0 Å². The van der Waals surface area contributed by atoms with Crippen LogP contribution in [0.2, 0.25) is 5.02 Å². The van der Waals surface area contributed by atoms with Gasteiger partial charge in [-0.15, -0.1) is 0 Å². The first-order valence-electron chi connectivity index (χ1n) is 3.10. The topological polar surface area (TPSA) is 17.8 Å². The zero-order chi connectivity index (χ0) is 9.52. The molecule has 12 heavy (non-hydrogen) atoms. The molecule has 0 amide bonds. The largest absolute Gasteiger partial charge is 0.434 e. The summed E-state index contributed by atoms with van der Waals surface area (Å²) in [4.78, 5) is 0. The summed E-state index contributed by atoms with van der Waals surface area (Å²) in [5, 5.41) is 3.21. The summed E-state index contributed by atoms with van der Waals surface area (Å²) >= 11 is 5.40. The Hall–Kier alpha value is -0.710. The van der Waals surface area contributed by atoms with Crippen molar-refractivity contribution in [3.63, 3.8) is 0 Å². The lowest BCUT2D eigenvalue weighted by atomic mass is 10.3. The molecule has 0 radical (unpaired) electrons. The van der Waals surface area contributed by atoms with Crippen LogP contribution in [0.15, 0.2) is 0 Å².